The molecule has 1 aliphatic heterocycles. The van der Waals surface area contributed by atoms with Gasteiger partial charge in [0.15, 0.2) is 0 Å². The van der Waals surface area contributed by atoms with Crippen molar-refractivity contribution in [2.45, 2.75) is 6.54 Å². The number of amides is 1. The highest BCUT2D eigenvalue weighted by atomic mass is 16.3. The van der Waals surface area contributed by atoms with Gasteiger partial charge in [-0.3, -0.25) is 4.79 Å². The molecule has 11 heavy (non-hydrogen) atoms. The van der Waals surface area contributed by atoms with Gasteiger partial charge in [-0.1, -0.05) is 0 Å². The maximum Gasteiger partial charge on any atom is 0.270 e. The highest BCUT2D eigenvalue weighted by molar-refractivity contribution is 5.96. The molecule has 1 amide bonds. The van der Waals surface area contributed by atoms with E-state index < -0.39 is 0 Å². The highest BCUT2D eigenvalue weighted by Crippen LogP contribution is 2.17. The molecular weight excluding hydrogens is 144 g/mol. The van der Waals surface area contributed by atoms with Crippen molar-refractivity contribution in [3.05, 3.63) is 23.5 Å². The molecule has 0 atom stereocenters. The number of fused-ring (bicyclic) bond motifs is 1. The summed E-state index contributed by atoms with van der Waals surface area (Å²) in [7, 11) is 0. The van der Waals surface area contributed by atoms with Crippen LogP contribution in [-0.4, -0.2) is 16.0 Å². The van der Waals surface area contributed by atoms with Gasteiger partial charge in [-0.25, -0.2) is 4.98 Å². The fourth-order valence-corrected chi connectivity index (χ4v) is 1.10. The minimum absolute atomic E-state index is 0.0975. The Morgan fingerprint density at radius 3 is 3.27 bits per heavy atom. The minimum atomic E-state index is -0.167. The Labute approximate surface area is 62.9 Å². The highest BCUT2D eigenvalue weighted by Gasteiger charge is 2.19. The lowest BCUT2D eigenvalue weighted by molar-refractivity contribution is 0.0961. The van der Waals surface area contributed by atoms with Crippen LogP contribution in [0.1, 0.15) is 16.1 Å². The summed E-state index contributed by atoms with van der Waals surface area (Å²) in [6, 6.07) is 1.54. The van der Waals surface area contributed by atoms with Crippen molar-refractivity contribution in [1.29, 1.82) is 0 Å². The number of nitrogens with one attached hydrogen (secondary N) is 1. The monoisotopic (exact) mass is 150 g/mol. The number of carbonyl (C=O) groups is 1. The molecule has 1 aromatic rings. The molecule has 4 heteroatoms. The standard InChI is InChI=1S/C7H6N2O2/c10-5-1-4-2-9-7(11)6(4)8-3-5/h1,3,10H,2H2,(H,9,11). The van der Waals surface area contributed by atoms with E-state index in [-0.39, 0.29) is 11.7 Å². The second kappa shape index (κ2) is 1.95. The molecule has 2 heterocycles. The third-order valence-electron chi connectivity index (χ3n) is 1.61. The van der Waals surface area contributed by atoms with Gasteiger partial charge in [0.1, 0.15) is 11.4 Å². The van der Waals surface area contributed by atoms with Crippen molar-refractivity contribution in [2.75, 3.05) is 0 Å². The van der Waals surface area contributed by atoms with Gasteiger partial charge in [0.25, 0.3) is 5.91 Å². The van der Waals surface area contributed by atoms with Gasteiger partial charge in [-0.05, 0) is 6.07 Å². The molecule has 0 aromatic carbocycles. The van der Waals surface area contributed by atoms with Crippen molar-refractivity contribution in [3.63, 3.8) is 0 Å². The summed E-state index contributed by atoms with van der Waals surface area (Å²) >= 11 is 0. The zero-order chi connectivity index (χ0) is 7.84. The van der Waals surface area contributed by atoms with Gasteiger partial charge in [0.05, 0.1) is 6.20 Å². The maximum atomic E-state index is 10.9. The summed E-state index contributed by atoms with van der Waals surface area (Å²) in [5.74, 6) is -0.0692. The number of pyridine rings is 1. The first-order chi connectivity index (χ1) is 5.27. The van der Waals surface area contributed by atoms with Crippen molar-refractivity contribution < 1.29 is 9.90 Å². The Balaban J connectivity index is 2.59. The average Bonchev–Trinajstić information content (AvgIpc) is 2.32. The maximum absolute atomic E-state index is 10.9. The molecule has 0 fully saturated rings. The lowest BCUT2D eigenvalue weighted by Gasteiger charge is -1.93. The molecule has 0 unspecified atom stereocenters. The van der Waals surface area contributed by atoms with Crippen LogP contribution in [0.15, 0.2) is 12.3 Å². The third-order valence-corrected chi connectivity index (χ3v) is 1.61. The van der Waals surface area contributed by atoms with Gasteiger partial charge in [0, 0.05) is 12.1 Å². The molecule has 2 rings (SSSR count). The Morgan fingerprint density at radius 1 is 1.64 bits per heavy atom. The Kier molecular flexibility index (Phi) is 1.09. The molecule has 0 radical (unpaired) electrons. The summed E-state index contributed by atoms with van der Waals surface area (Å²) in [5, 5.41) is 11.6. The van der Waals surface area contributed by atoms with Crippen molar-refractivity contribution in [2.24, 2.45) is 0 Å². The first kappa shape index (κ1) is 6.15. The number of carbonyl (C=O) groups excluding carboxylic acids is 1. The van der Waals surface area contributed by atoms with Gasteiger partial charge >= 0.3 is 0 Å². The Hall–Kier alpha value is -1.58. The average molecular weight is 150 g/mol. The van der Waals surface area contributed by atoms with Gasteiger partial charge in [-0.2, -0.15) is 0 Å². The fourth-order valence-electron chi connectivity index (χ4n) is 1.10. The van der Waals surface area contributed by atoms with Crippen molar-refractivity contribution >= 4 is 5.91 Å². The quantitative estimate of drug-likeness (QED) is 0.548. The second-order valence-electron chi connectivity index (χ2n) is 2.38. The molecule has 0 saturated heterocycles. The Bertz CT molecular complexity index is 322. The van der Waals surface area contributed by atoms with Crippen LogP contribution in [0.25, 0.3) is 0 Å². The van der Waals surface area contributed by atoms with Crippen LogP contribution in [0.4, 0.5) is 0 Å². The summed E-state index contributed by atoms with van der Waals surface area (Å²) in [6.07, 6.45) is 1.27. The number of rotatable bonds is 0. The number of hydrogen-bond donors (Lipinski definition) is 2. The lowest BCUT2D eigenvalue weighted by atomic mass is 10.2. The first-order valence-electron chi connectivity index (χ1n) is 3.23. The molecule has 1 aromatic heterocycles. The minimum Gasteiger partial charge on any atom is -0.506 e. The fraction of sp³-hybridized carbons (Fsp3) is 0.143. The van der Waals surface area contributed by atoms with E-state index in [1.165, 1.54) is 6.20 Å². The molecule has 0 aliphatic carbocycles. The predicted octanol–water partition coefficient (Wildman–Crippen LogP) is 0.0306. The number of aromatic nitrogens is 1. The van der Waals surface area contributed by atoms with E-state index in [4.69, 9.17) is 5.11 Å². The van der Waals surface area contributed by atoms with E-state index in [0.29, 0.717) is 12.2 Å². The molecule has 56 valence electrons. The van der Waals surface area contributed by atoms with E-state index in [1.54, 1.807) is 6.07 Å². The Morgan fingerprint density at radius 2 is 2.45 bits per heavy atom. The zero-order valence-electron chi connectivity index (χ0n) is 5.66. The molecule has 0 bridgehead atoms. The van der Waals surface area contributed by atoms with Crippen LogP contribution in [0.5, 0.6) is 5.75 Å². The van der Waals surface area contributed by atoms with Gasteiger partial charge in [0.2, 0.25) is 0 Å². The number of hydrogen-bond acceptors (Lipinski definition) is 3. The van der Waals surface area contributed by atoms with Crippen LogP contribution in [0.3, 0.4) is 0 Å². The third kappa shape index (κ3) is 0.832. The summed E-state index contributed by atoms with van der Waals surface area (Å²) in [4.78, 5) is 14.7. The smallest absolute Gasteiger partial charge is 0.270 e. The van der Waals surface area contributed by atoms with Crippen LogP contribution in [0.2, 0.25) is 0 Å². The molecule has 0 spiro atoms. The molecule has 1 aliphatic rings. The van der Waals surface area contributed by atoms with Crippen LogP contribution in [-0.2, 0) is 6.54 Å². The van der Waals surface area contributed by atoms with Crippen LogP contribution >= 0.6 is 0 Å². The topological polar surface area (TPSA) is 62.2 Å². The van der Waals surface area contributed by atoms with E-state index in [1.807, 2.05) is 0 Å². The first-order valence-corrected chi connectivity index (χ1v) is 3.23. The summed E-state index contributed by atoms with van der Waals surface area (Å²) < 4.78 is 0. The van der Waals surface area contributed by atoms with Gasteiger partial charge < -0.3 is 10.4 Å². The van der Waals surface area contributed by atoms with E-state index in [9.17, 15) is 4.79 Å². The molecule has 2 N–H and O–H groups in total. The molecule has 4 nitrogen and oxygen atoms in total. The molecule has 0 saturated carbocycles. The van der Waals surface area contributed by atoms with Gasteiger partial charge in [-0.15, -0.1) is 0 Å². The second-order valence-corrected chi connectivity index (χ2v) is 2.38. The summed E-state index contributed by atoms with van der Waals surface area (Å²) in [5.41, 5.74) is 1.18. The zero-order valence-corrected chi connectivity index (χ0v) is 5.66. The van der Waals surface area contributed by atoms with E-state index in [2.05, 4.69) is 10.3 Å². The van der Waals surface area contributed by atoms with Crippen LogP contribution in [0, 0.1) is 0 Å². The number of nitrogens with zero attached hydrogens (tertiary/aromatic N) is 1. The van der Waals surface area contributed by atoms with Crippen molar-refractivity contribution in [3.8, 4) is 5.75 Å². The van der Waals surface area contributed by atoms with E-state index >= 15 is 0 Å². The van der Waals surface area contributed by atoms with Crippen LogP contribution < -0.4 is 5.32 Å². The normalized spacial score (nSPS) is 14.4. The number of aromatic hydroxyl groups is 1. The van der Waals surface area contributed by atoms with Crippen molar-refractivity contribution in [1.82, 2.24) is 10.3 Å². The summed E-state index contributed by atoms with van der Waals surface area (Å²) in [6.45, 7) is 0.468. The van der Waals surface area contributed by atoms with E-state index in [0.717, 1.165) is 5.56 Å². The largest absolute Gasteiger partial charge is 0.506 e. The molecular formula is C7H6N2O2. The predicted molar refractivity (Wildman–Crippen MR) is 37.1 cm³/mol. The lowest BCUT2D eigenvalue weighted by Crippen LogP contribution is -2.13. The SMILES string of the molecule is O=C1NCc2cc(O)cnc21.